The monoisotopic (exact) mass is 327 g/mol. The largest absolute Gasteiger partial charge is 0.496 e. The van der Waals surface area contributed by atoms with Gasteiger partial charge in [0, 0.05) is 16.6 Å². The molecule has 0 spiro atoms. The first-order chi connectivity index (χ1) is 12.3. The molecular formula is C21H17N3O. The maximum absolute atomic E-state index is 6.27. The highest BCUT2D eigenvalue weighted by Crippen LogP contribution is 2.38. The Kier molecular flexibility index (Phi) is 3.78. The van der Waals surface area contributed by atoms with Crippen LogP contribution in [0.25, 0.3) is 33.5 Å². The average Bonchev–Trinajstić information content (AvgIpc) is 2.67. The van der Waals surface area contributed by atoms with Crippen LogP contribution in [0.15, 0.2) is 72.8 Å². The standard InChI is InChI=1S/C21H17N3O/c1-25-18-13-7-11-16(22)19(18)20-15-10-5-6-12-17(15)23-21(24-20)14-8-3-2-4-9-14/h2-13H,22H2,1H3. The lowest BCUT2D eigenvalue weighted by molar-refractivity contribution is 0.416. The van der Waals surface area contributed by atoms with E-state index in [4.69, 9.17) is 20.4 Å². The van der Waals surface area contributed by atoms with Gasteiger partial charge in [-0.15, -0.1) is 0 Å². The van der Waals surface area contributed by atoms with Crippen molar-refractivity contribution in [2.24, 2.45) is 0 Å². The first kappa shape index (κ1) is 15.1. The van der Waals surface area contributed by atoms with Gasteiger partial charge in [-0.2, -0.15) is 0 Å². The fraction of sp³-hybridized carbons (Fsp3) is 0.0476. The third kappa shape index (κ3) is 2.68. The SMILES string of the molecule is COc1cccc(N)c1-c1nc(-c2ccccc2)nc2ccccc12. The number of nitrogen functional groups attached to an aromatic ring is 1. The summed E-state index contributed by atoms with van der Waals surface area (Å²) >= 11 is 0. The summed E-state index contributed by atoms with van der Waals surface area (Å²) < 4.78 is 5.53. The van der Waals surface area contributed by atoms with Crippen LogP contribution in [-0.4, -0.2) is 17.1 Å². The van der Waals surface area contributed by atoms with Gasteiger partial charge >= 0.3 is 0 Å². The van der Waals surface area contributed by atoms with E-state index in [1.807, 2.05) is 72.8 Å². The molecule has 0 bridgehead atoms. The zero-order valence-corrected chi connectivity index (χ0v) is 13.8. The number of hydrogen-bond acceptors (Lipinski definition) is 4. The second-order valence-electron chi connectivity index (χ2n) is 5.70. The zero-order valence-electron chi connectivity index (χ0n) is 13.8. The average molecular weight is 327 g/mol. The first-order valence-electron chi connectivity index (χ1n) is 8.03. The molecule has 2 N–H and O–H groups in total. The van der Waals surface area contributed by atoms with E-state index in [0.717, 1.165) is 27.7 Å². The summed E-state index contributed by atoms with van der Waals surface area (Å²) in [5.74, 6) is 1.36. The predicted molar refractivity (Wildman–Crippen MR) is 101 cm³/mol. The Morgan fingerprint density at radius 3 is 2.36 bits per heavy atom. The summed E-state index contributed by atoms with van der Waals surface area (Å²) in [5, 5.41) is 0.943. The molecule has 0 aliphatic heterocycles. The molecule has 0 fully saturated rings. The van der Waals surface area contributed by atoms with Crippen LogP contribution in [0.4, 0.5) is 5.69 Å². The van der Waals surface area contributed by atoms with Crippen molar-refractivity contribution >= 4 is 16.6 Å². The van der Waals surface area contributed by atoms with Gasteiger partial charge in [-0.1, -0.05) is 54.6 Å². The molecule has 25 heavy (non-hydrogen) atoms. The van der Waals surface area contributed by atoms with Crippen LogP contribution in [0.2, 0.25) is 0 Å². The van der Waals surface area contributed by atoms with Gasteiger partial charge in [-0.05, 0) is 18.2 Å². The Hall–Kier alpha value is -3.40. The molecular weight excluding hydrogens is 310 g/mol. The van der Waals surface area contributed by atoms with Gasteiger partial charge in [0.2, 0.25) is 0 Å². The summed E-state index contributed by atoms with van der Waals surface area (Å²) in [4.78, 5) is 9.56. The lowest BCUT2D eigenvalue weighted by Crippen LogP contribution is -2.00. The second-order valence-corrected chi connectivity index (χ2v) is 5.70. The Morgan fingerprint density at radius 2 is 1.56 bits per heavy atom. The maximum Gasteiger partial charge on any atom is 0.160 e. The van der Waals surface area contributed by atoms with E-state index < -0.39 is 0 Å². The number of para-hydroxylation sites is 1. The molecule has 0 aliphatic rings. The van der Waals surface area contributed by atoms with E-state index in [1.54, 1.807) is 7.11 Å². The number of fused-ring (bicyclic) bond motifs is 1. The van der Waals surface area contributed by atoms with Crippen molar-refractivity contribution < 1.29 is 4.74 Å². The summed E-state index contributed by atoms with van der Waals surface area (Å²) in [6, 6.07) is 23.5. The number of nitrogens with zero attached hydrogens (tertiary/aromatic N) is 2. The molecule has 0 radical (unpaired) electrons. The molecule has 3 aromatic carbocycles. The number of ether oxygens (including phenoxy) is 1. The van der Waals surface area contributed by atoms with Gasteiger partial charge < -0.3 is 10.5 Å². The quantitative estimate of drug-likeness (QED) is 0.561. The number of rotatable bonds is 3. The van der Waals surface area contributed by atoms with E-state index in [0.29, 0.717) is 17.3 Å². The van der Waals surface area contributed by atoms with E-state index in [-0.39, 0.29) is 0 Å². The van der Waals surface area contributed by atoms with Crippen molar-refractivity contribution in [1.82, 2.24) is 9.97 Å². The Bertz CT molecular complexity index is 1050. The zero-order chi connectivity index (χ0) is 17.2. The lowest BCUT2D eigenvalue weighted by Gasteiger charge is -2.14. The fourth-order valence-corrected chi connectivity index (χ4v) is 2.96. The molecule has 0 saturated heterocycles. The highest BCUT2D eigenvalue weighted by molar-refractivity contribution is 5.98. The van der Waals surface area contributed by atoms with E-state index in [2.05, 4.69) is 0 Å². The Balaban J connectivity index is 2.07. The lowest BCUT2D eigenvalue weighted by atomic mass is 10.0. The summed E-state index contributed by atoms with van der Waals surface area (Å²) in [6.45, 7) is 0. The van der Waals surface area contributed by atoms with Crippen LogP contribution in [0.5, 0.6) is 5.75 Å². The number of anilines is 1. The molecule has 0 unspecified atom stereocenters. The highest BCUT2D eigenvalue weighted by atomic mass is 16.5. The van der Waals surface area contributed by atoms with E-state index in [9.17, 15) is 0 Å². The molecule has 1 aromatic heterocycles. The van der Waals surface area contributed by atoms with Crippen molar-refractivity contribution in [3.8, 4) is 28.4 Å². The Morgan fingerprint density at radius 1 is 0.800 bits per heavy atom. The minimum Gasteiger partial charge on any atom is -0.496 e. The first-order valence-corrected chi connectivity index (χ1v) is 8.03. The number of hydrogen-bond donors (Lipinski definition) is 1. The molecule has 0 amide bonds. The molecule has 4 aromatic rings. The fourth-order valence-electron chi connectivity index (χ4n) is 2.96. The van der Waals surface area contributed by atoms with Gasteiger partial charge in [0.15, 0.2) is 5.82 Å². The number of methoxy groups -OCH3 is 1. The topological polar surface area (TPSA) is 61.0 Å². The van der Waals surface area contributed by atoms with Crippen molar-refractivity contribution in [3.63, 3.8) is 0 Å². The highest BCUT2D eigenvalue weighted by Gasteiger charge is 2.16. The smallest absolute Gasteiger partial charge is 0.160 e. The van der Waals surface area contributed by atoms with Crippen LogP contribution in [0, 0.1) is 0 Å². The molecule has 0 saturated carbocycles. The van der Waals surface area contributed by atoms with E-state index >= 15 is 0 Å². The van der Waals surface area contributed by atoms with Crippen molar-refractivity contribution in [3.05, 3.63) is 72.8 Å². The molecule has 4 heteroatoms. The third-order valence-corrected chi connectivity index (χ3v) is 4.15. The van der Waals surface area contributed by atoms with Crippen LogP contribution < -0.4 is 10.5 Å². The van der Waals surface area contributed by atoms with Gasteiger partial charge in [0.25, 0.3) is 0 Å². The minimum absolute atomic E-state index is 0.627. The molecule has 4 rings (SSSR count). The Labute approximate surface area is 145 Å². The van der Waals surface area contributed by atoms with Crippen molar-refractivity contribution in [1.29, 1.82) is 0 Å². The molecule has 0 aliphatic carbocycles. The maximum atomic E-state index is 6.27. The van der Waals surface area contributed by atoms with Crippen molar-refractivity contribution in [2.45, 2.75) is 0 Å². The number of aromatic nitrogens is 2. The molecule has 1 heterocycles. The van der Waals surface area contributed by atoms with Crippen LogP contribution in [0.3, 0.4) is 0 Å². The minimum atomic E-state index is 0.627. The third-order valence-electron chi connectivity index (χ3n) is 4.15. The number of nitrogens with two attached hydrogens (primary N) is 1. The van der Waals surface area contributed by atoms with Gasteiger partial charge in [-0.25, -0.2) is 9.97 Å². The van der Waals surface area contributed by atoms with E-state index in [1.165, 1.54) is 0 Å². The van der Waals surface area contributed by atoms with Gasteiger partial charge in [0.05, 0.1) is 23.9 Å². The normalized spacial score (nSPS) is 10.8. The van der Waals surface area contributed by atoms with Crippen LogP contribution >= 0.6 is 0 Å². The van der Waals surface area contributed by atoms with Gasteiger partial charge in [0.1, 0.15) is 5.75 Å². The molecule has 4 nitrogen and oxygen atoms in total. The number of benzene rings is 3. The molecule has 0 atom stereocenters. The summed E-state index contributed by atoms with van der Waals surface area (Å²) in [7, 11) is 1.64. The second kappa shape index (κ2) is 6.24. The van der Waals surface area contributed by atoms with Crippen molar-refractivity contribution in [2.75, 3.05) is 12.8 Å². The van der Waals surface area contributed by atoms with Gasteiger partial charge in [-0.3, -0.25) is 0 Å². The molecule has 122 valence electrons. The van der Waals surface area contributed by atoms with Crippen LogP contribution in [-0.2, 0) is 0 Å². The predicted octanol–water partition coefficient (Wildman–Crippen LogP) is 4.55. The summed E-state index contributed by atoms with van der Waals surface area (Å²) in [6.07, 6.45) is 0. The van der Waals surface area contributed by atoms with Crippen LogP contribution in [0.1, 0.15) is 0 Å². The summed E-state index contributed by atoms with van der Waals surface area (Å²) in [5.41, 5.74) is 10.3.